The Bertz CT molecular complexity index is 804. The van der Waals surface area contributed by atoms with Crippen LogP contribution in [-0.4, -0.2) is 5.11 Å². The summed E-state index contributed by atoms with van der Waals surface area (Å²) in [6.07, 6.45) is 0. The van der Waals surface area contributed by atoms with Crippen LogP contribution in [0.4, 0.5) is 4.39 Å². The first kappa shape index (κ1) is 14.4. The van der Waals surface area contributed by atoms with Crippen molar-refractivity contribution in [1.82, 2.24) is 0 Å². The summed E-state index contributed by atoms with van der Waals surface area (Å²) in [6, 6.07) is 16.5. The quantitative estimate of drug-likeness (QED) is 0.599. The highest BCUT2D eigenvalue weighted by atomic mass is 79.9. The lowest BCUT2D eigenvalue weighted by atomic mass is 10.1. The summed E-state index contributed by atoms with van der Waals surface area (Å²) in [5, 5.41) is 11.8. The van der Waals surface area contributed by atoms with Crippen LogP contribution in [0.1, 0.15) is 5.56 Å². The van der Waals surface area contributed by atoms with Gasteiger partial charge in [0.25, 0.3) is 0 Å². The minimum atomic E-state index is -0.251. The lowest BCUT2D eigenvalue weighted by Crippen LogP contribution is -1.85. The Morgan fingerprint density at radius 3 is 2.52 bits per heavy atom. The van der Waals surface area contributed by atoms with Gasteiger partial charge in [-0.1, -0.05) is 30.3 Å². The number of hydrogen-bond donors (Lipinski definition) is 1. The summed E-state index contributed by atoms with van der Waals surface area (Å²) in [5.41, 5.74) is 1.05. The fourth-order valence-electron chi connectivity index (χ4n) is 2.17. The highest BCUT2D eigenvalue weighted by molar-refractivity contribution is 9.10. The zero-order chi connectivity index (χ0) is 14.8. The van der Waals surface area contributed by atoms with Crippen molar-refractivity contribution in [3.63, 3.8) is 0 Å². The van der Waals surface area contributed by atoms with E-state index in [2.05, 4.69) is 15.9 Å². The summed E-state index contributed by atoms with van der Waals surface area (Å²) in [5.74, 6) is 0.784. The molecule has 0 amide bonds. The van der Waals surface area contributed by atoms with Crippen LogP contribution in [0.3, 0.4) is 0 Å². The maximum Gasteiger partial charge on any atom is 0.137 e. The van der Waals surface area contributed by atoms with E-state index >= 15 is 0 Å². The standard InChI is InChI=1S/C17H12BrFOS/c18-14-9-11(5-6-15(14)19)10-21-17-8-7-16(20)12-3-1-2-4-13(12)17/h1-9,20H,10H2. The van der Waals surface area contributed by atoms with Gasteiger partial charge in [-0.25, -0.2) is 4.39 Å². The van der Waals surface area contributed by atoms with Gasteiger partial charge in [-0.2, -0.15) is 0 Å². The van der Waals surface area contributed by atoms with Crippen LogP contribution >= 0.6 is 27.7 Å². The smallest absolute Gasteiger partial charge is 0.137 e. The Balaban J connectivity index is 1.88. The van der Waals surface area contributed by atoms with Crippen LogP contribution in [0.2, 0.25) is 0 Å². The number of halogens is 2. The van der Waals surface area contributed by atoms with Gasteiger partial charge in [0.05, 0.1) is 4.47 Å². The van der Waals surface area contributed by atoms with Gasteiger partial charge in [-0.3, -0.25) is 0 Å². The van der Waals surface area contributed by atoms with Gasteiger partial charge in [0.15, 0.2) is 0 Å². The van der Waals surface area contributed by atoms with Gasteiger partial charge in [-0.05, 0) is 51.1 Å². The fourth-order valence-corrected chi connectivity index (χ4v) is 3.60. The zero-order valence-corrected chi connectivity index (χ0v) is 13.4. The maximum absolute atomic E-state index is 13.2. The second-order valence-corrected chi connectivity index (χ2v) is 6.54. The minimum absolute atomic E-state index is 0.251. The van der Waals surface area contributed by atoms with E-state index < -0.39 is 0 Å². The average Bonchev–Trinajstić information content (AvgIpc) is 2.50. The lowest BCUT2D eigenvalue weighted by Gasteiger charge is -2.08. The van der Waals surface area contributed by atoms with Crippen molar-refractivity contribution >= 4 is 38.5 Å². The van der Waals surface area contributed by atoms with Crippen LogP contribution in [0, 0.1) is 5.82 Å². The third-order valence-corrected chi connectivity index (χ3v) is 4.99. The summed E-state index contributed by atoms with van der Waals surface area (Å²) in [4.78, 5) is 1.10. The van der Waals surface area contributed by atoms with Crippen molar-refractivity contribution in [2.45, 2.75) is 10.6 Å². The summed E-state index contributed by atoms with van der Waals surface area (Å²) in [6.45, 7) is 0. The summed E-state index contributed by atoms with van der Waals surface area (Å²) < 4.78 is 13.7. The lowest BCUT2D eigenvalue weighted by molar-refractivity contribution is 0.481. The van der Waals surface area contributed by atoms with E-state index in [4.69, 9.17) is 0 Å². The largest absolute Gasteiger partial charge is 0.507 e. The monoisotopic (exact) mass is 362 g/mol. The molecule has 0 bridgehead atoms. The number of thioether (sulfide) groups is 1. The predicted molar refractivity (Wildman–Crippen MR) is 89.3 cm³/mol. The third kappa shape index (κ3) is 3.06. The first-order valence-corrected chi connectivity index (χ1v) is 8.20. The molecule has 0 aliphatic rings. The molecule has 0 radical (unpaired) electrons. The Labute approximate surface area is 134 Å². The molecule has 0 fully saturated rings. The van der Waals surface area contributed by atoms with Gasteiger partial charge >= 0.3 is 0 Å². The van der Waals surface area contributed by atoms with Crippen LogP contribution in [-0.2, 0) is 5.75 Å². The van der Waals surface area contributed by atoms with Crippen molar-refractivity contribution in [2.24, 2.45) is 0 Å². The number of phenols is 1. The Hall–Kier alpha value is -1.52. The second kappa shape index (κ2) is 6.08. The number of phenolic OH excluding ortho intramolecular Hbond substituents is 1. The molecule has 1 nitrogen and oxygen atoms in total. The van der Waals surface area contributed by atoms with Crippen molar-refractivity contribution in [2.75, 3.05) is 0 Å². The van der Waals surface area contributed by atoms with Crippen molar-refractivity contribution in [3.8, 4) is 5.75 Å². The van der Waals surface area contributed by atoms with E-state index in [1.807, 2.05) is 30.3 Å². The van der Waals surface area contributed by atoms with Gasteiger partial charge in [0, 0.05) is 16.0 Å². The van der Waals surface area contributed by atoms with E-state index in [1.54, 1.807) is 30.0 Å². The molecule has 3 aromatic carbocycles. The van der Waals surface area contributed by atoms with Crippen molar-refractivity contribution < 1.29 is 9.50 Å². The highest BCUT2D eigenvalue weighted by Crippen LogP contribution is 2.35. The van der Waals surface area contributed by atoms with Crippen LogP contribution in [0.5, 0.6) is 5.75 Å². The Morgan fingerprint density at radius 2 is 1.76 bits per heavy atom. The Kier molecular flexibility index (Phi) is 4.17. The molecule has 4 heteroatoms. The third-order valence-electron chi connectivity index (χ3n) is 3.24. The average molecular weight is 363 g/mol. The molecular formula is C17H12BrFOS. The predicted octanol–water partition coefficient (Wildman–Crippen LogP) is 5.74. The minimum Gasteiger partial charge on any atom is -0.507 e. The molecule has 3 rings (SSSR count). The summed E-state index contributed by atoms with van der Waals surface area (Å²) >= 11 is 4.88. The molecule has 0 aromatic heterocycles. The molecule has 1 N–H and O–H groups in total. The number of fused-ring (bicyclic) bond motifs is 1. The Morgan fingerprint density at radius 1 is 1.00 bits per heavy atom. The van der Waals surface area contributed by atoms with E-state index in [9.17, 15) is 9.50 Å². The molecular weight excluding hydrogens is 351 g/mol. The van der Waals surface area contributed by atoms with E-state index in [0.717, 1.165) is 27.0 Å². The number of benzene rings is 3. The molecule has 0 spiro atoms. The first-order valence-electron chi connectivity index (χ1n) is 6.42. The zero-order valence-electron chi connectivity index (χ0n) is 11.0. The molecule has 0 saturated heterocycles. The molecule has 0 atom stereocenters. The molecule has 0 heterocycles. The highest BCUT2D eigenvalue weighted by Gasteiger charge is 2.06. The molecule has 106 valence electrons. The van der Waals surface area contributed by atoms with E-state index in [0.29, 0.717) is 10.2 Å². The first-order chi connectivity index (χ1) is 10.1. The normalized spacial score (nSPS) is 11.0. The van der Waals surface area contributed by atoms with Gasteiger partial charge in [0.2, 0.25) is 0 Å². The number of rotatable bonds is 3. The summed E-state index contributed by atoms with van der Waals surface area (Å²) in [7, 11) is 0. The second-order valence-electron chi connectivity index (χ2n) is 4.67. The molecule has 0 unspecified atom stereocenters. The van der Waals surface area contributed by atoms with Crippen LogP contribution < -0.4 is 0 Å². The van der Waals surface area contributed by atoms with E-state index in [-0.39, 0.29) is 5.82 Å². The van der Waals surface area contributed by atoms with Crippen LogP contribution in [0.15, 0.2) is 64.0 Å². The maximum atomic E-state index is 13.2. The molecule has 0 saturated carbocycles. The topological polar surface area (TPSA) is 20.2 Å². The molecule has 21 heavy (non-hydrogen) atoms. The van der Waals surface area contributed by atoms with Gasteiger partial charge < -0.3 is 5.11 Å². The van der Waals surface area contributed by atoms with Crippen molar-refractivity contribution in [1.29, 1.82) is 0 Å². The SMILES string of the molecule is Oc1ccc(SCc2ccc(F)c(Br)c2)c2ccccc12. The van der Waals surface area contributed by atoms with Crippen LogP contribution in [0.25, 0.3) is 10.8 Å². The number of hydrogen-bond acceptors (Lipinski definition) is 2. The van der Waals surface area contributed by atoms with Crippen molar-refractivity contribution in [3.05, 3.63) is 70.5 Å². The molecule has 0 aliphatic heterocycles. The van der Waals surface area contributed by atoms with Gasteiger partial charge in [-0.15, -0.1) is 11.8 Å². The fraction of sp³-hybridized carbons (Fsp3) is 0.0588. The van der Waals surface area contributed by atoms with Gasteiger partial charge in [0.1, 0.15) is 11.6 Å². The number of aromatic hydroxyl groups is 1. The molecule has 3 aromatic rings. The van der Waals surface area contributed by atoms with E-state index in [1.165, 1.54) is 6.07 Å². The molecule has 0 aliphatic carbocycles.